The summed E-state index contributed by atoms with van der Waals surface area (Å²) in [5, 5.41) is 5.06. The van der Waals surface area contributed by atoms with Crippen molar-refractivity contribution >= 4 is 61.1 Å². The number of carbonyl (C=O) groups excluding carboxylic acids is 2. The third-order valence-corrected chi connectivity index (χ3v) is 4.78. The van der Waals surface area contributed by atoms with Gasteiger partial charge in [0.1, 0.15) is 5.75 Å². The molecule has 3 rings (SSSR count). The summed E-state index contributed by atoms with van der Waals surface area (Å²) in [5.74, 6) is 0.356. The Kier molecular flexibility index (Phi) is 6.66. The molecule has 3 aromatic rings. The minimum Gasteiger partial charge on any atom is -0.438 e. The number of imide groups is 1. The summed E-state index contributed by atoms with van der Waals surface area (Å²) in [7, 11) is 0. The quantitative estimate of drug-likeness (QED) is 0.437. The number of hydrogen-bond donors (Lipinski definition) is 2. The average Bonchev–Trinajstić information content (AvgIpc) is 2.65. The summed E-state index contributed by atoms with van der Waals surface area (Å²) >= 11 is 12.6. The molecule has 1 heterocycles. The molecular formula is C19H12Br2ClN3O3. The number of carbonyl (C=O) groups is 2. The largest absolute Gasteiger partial charge is 0.438 e. The van der Waals surface area contributed by atoms with E-state index < -0.39 is 11.9 Å². The molecule has 0 aliphatic carbocycles. The van der Waals surface area contributed by atoms with Crippen molar-refractivity contribution in [3.63, 3.8) is 0 Å². The van der Waals surface area contributed by atoms with Gasteiger partial charge in [-0.3, -0.25) is 10.1 Å². The highest BCUT2D eigenvalue weighted by molar-refractivity contribution is 9.11. The van der Waals surface area contributed by atoms with Crippen LogP contribution >= 0.6 is 43.5 Å². The molecule has 0 spiro atoms. The van der Waals surface area contributed by atoms with E-state index in [4.69, 9.17) is 16.3 Å². The van der Waals surface area contributed by atoms with Gasteiger partial charge in [-0.15, -0.1) is 0 Å². The van der Waals surface area contributed by atoms with Crippen molar-refractivity contribution in [2.45, 2.75) is 0 Å². The van der Waals surface area contributed by atoms with Crippen molar-refractivity contribution in [1.82, 2.24) is 10.3 Å². The van der Waals surface area contributed by atoms with Gasteiger partial charge in [0.25, 0.3) is 5.91 Å². The molecule has 9 heteroatoms. The van der Waals surface area contributed by atoms with Gasteiger partial charge in [-0.1, -0.05) is 23.7 Å². The molecule has 0 atom stereocenters. The van der Waals surface area contributed by atoms with Crippen molar-refractivity contribution in [2.24, 2.45) is 0 Å². The second-order valence-corrected chi connectivity index (χ2v) is 7.63. The smallest absolute Gasteiger partial charge is 0.326 e. The first kappa shape index (κ1) is 20.3. The van der Waals surface area contributed by atoms with Crippen molar-refractivity contribution in [2.75, 3.05) is 5.32 Å². The zero-order chi connectivity index (χ0) is 20.1. The lowest BCUT2D eigenvalue weighted by Gasteiger charge is -2.09. The lowest BCUT2D eigenvalue weighted by Crippen LogP contribution is -2.34. The lowest BCUT2D eigenvalue weighted by molar-refractivity contribution is 0.0967. The maximum atomic E-state index is 12.1. The minimum absolute atomic E-state index is 0.218. The molecule has 6 nitrogen and oxygen atoms in total. The number of urea groups is 1. The molecule has 1 aromatic heterocycles. The first-order valence-electron chi connectivity index (χ1n) is 7.88. The van der Waals surface area contributed by atoms with Crippen LogP contribution in [-0.2, 0) is 0 Å². The van der Waals surface area contributed by atoms with E-state index in [0.29, 0.717) is 21.8 Å². The Morgan fingerprint density at radius 1 is 1.04 bits per heavy atom. The second kappa shape index (κ2) is 9.18. The zero-order valence-corrected chi connectivity index (χ0v) is 18.0. The SMILES string of the molecule is O=C(NC(=O)c1ccccc1Cl)Nc1ccc(Oc2ncc(Br)cc2Br)cc1. The monoisotopic (exact) mass is 523 g/mol. The van der Waals surface area contributed by atoms with E-state index in [9.17, 15) is 9.59 Å². The second-order valence-electron chi connectivity index (χ2n) is 5.46. The summed E-state index contributed by atoms with van der Waals surface area (Å²) in [4.78, 5) is 28.3. The highest BCUT2D eigenvalue weighted by Crippen LogP contribution is 2.30. The van der Waals surface area contributed by atoms with E-state index in [1.165, 1.54) is 6.07 Å². The molecule has 0 unspecified atom stereocenters. The summed E-state index contributed by atoms with van der Waals surface area (Å²) < 4.78 is 7.20. The van der Waals surface area contributed by atoms with Gasteiger partial charge < -0.3 is 10.1 Å². The van der Waals surface area contributed by atoms with Crippen molar-refractivity contribution < 1.29 is 14.3 Å². The van der Waals surface area contributed by atoms with Crippen LogP contribution in [0.15, 0.2) is 69.7 Å². The van der Waals surface area contributed by atoms with Gasteiger partial charge in [-0.05, 0) is 74.3 Å². The fraction of sp³-hybridized carbons (Fsp3) is 0. The Bertz CT molecular complexity index is 1030. The Morgan fingerprint density at radius 3 is 2.43 bits per heavy atom. The van der Waals surface area contributed by atoms with Crippen LogP contribution in [0.25, 0.3) is 0 Å². The van der Waals surface area contributed by atoms with Gasteiger partial charge in [-0.2, -0.15) is 0 Å². The van der Waals surface area contributed by atoms with Crippen molar-refractivity contribution in [3.05, 3.63) is 80.3 Å². The molecule has 2 N–H and O–H groups in total. The Balaban J connectivity index is 1.60. The molecule has 0 bridgehead atoms. The van der Waals surface area contributed by atoms with Gasteiger partial charge in [0.15, 0.2) is 0 Å². The molecule has 0 saturated carbocycles. The number of anilines is 1. The van der Waals surface area contributed by atoms with E-state index in [1.807, 2.05) is 6.07 Å². The molecular weight excluding hydrogens is 513 g/mol. The number of nitrogens with one attached hydrogen (secondary N) is 2. The Morgan fingerprint density at radius 2 is 1.75 bits per heavy atom. The number of pyridine rings is 1. The fourth-order valence-corrected chi connectivity index (χ4v) is 3.46. The van der Waals surface area contributed by atoms with Crippen LogP contribution in [-0.4, -0.2) is 16.9 Å². The van der Waals surface area contributed by atoms with Crippen LogP contribution < -0.4 is 15.4 Å². The number of benzene rings is 2. The van der Waals surface area contributed by atoms with Crippen molar-refractivity contribution in [3.8, 4) is 11.6 Å². The normalized spacial score (nSPS) is 10.2. The van der Waals surface area contributed by atoms with Crippen LogP contribution in [0.2, 0.25) is 5.02 Å². The van der Waals surface area contributed by atoms with Gasteiger partial charge in [0, 0.05) is 16.4 Å². The predicted molar refractivity (Wildman–Crippen MR) is 114 cm³/mol. The topological polar surface area (TPSA) is 80.3 Å². The summed E-state index contributed by atoms with van der Waals surface area (Å²) in [6.07, 6.45) is 1.62. The number of hydrogen-bond acceptors (Lipinski definition) is 4. The summed E-state index contributed by atoms with van der Waals surface area (Å²) in [5.41, 5.74) is 0.704. The minimum atomic E-state index is -0.670. The van der Waals surface area contributed by atoms with Crippen LogP contribution in [0.3, 0.4) is 0 Å². The first-order valence-corrected chi connectivity index (χ1v) is 9.84. The van der Waals surface area contributed by atoms with E-state index in [0.717, 1.165) is 4.47 Å². The molecule has 28 heavy (non-hydrogen) atoms. The third-order valence-electron chi connectivity index (χ3n) is 3.45. The van der Waals surface area contributed by atoms with Crippen LogP contribution in [0.1, 0.15) is 10.4 Å². The molecule has 0 radical (unpaired) electrons. The van der Waals surface area contributed by atoms with E-state index in [1.54, 1.807) is 48.7 Å². The van der Waals surface area contributed by atoms with E-state index in [2.05, 4.69) is 47.5 Å². The number of nitrogens with zero attached hydrogens (tertiary/aromatic N) is 1. The van der Waals surface area contributed by atoms with Crippen LogP contribution in [0.5, 0.6) is 11.6 Å². The fourth-order valence-electron chi connectivity index (χ4n) is 2.17. The maximum absolute atomic E-state index is 12.1. The van der Waals surface area contributed by atoms with Crippen LogP contribution in [0.4, 0.5) is 10.5 Å². The van der Waals surface area contributed by atoms with Gasteiger partial charge in [0.05, 0.1) is 15.1 Å². The first-order chi connectivity index (χ1) is 13.4. The maximum Gasteiger partial charge on any atom is 0.326 e. The number of ether oxygens (including phenoxy) is 1. The van der Waals surface area contributed by atoms with Crippen LogP contribution in [0, 0.1) is 0 Å². The third kappa shape index (κ3) is 5.31. The van der Waals surface area contributed by atoms with Gasteiger partial charge >= 0.3 is 6.03 Å². The number of amides is 3. The lowest BCUT2D eigenvalue weighted by atomic mass is 10.2. The molecule has 142 valence electrons. The summed E-state index contributed by atoms with van der Waals surface area (Å²) in [6.45, 7) is 0. The van der Waals surface area contributed by atoms with Crippen molar-refractivity contribution in [1.29, 1.82) is 0 Å². The molecule has 0 aliphatic heterocycles. The Labute approximate surface area is 182 Å². The molecule has 3 amide bonds. The molecule has 0 aliphatic rings. The average molecular weight is 526 g/mol. The molecule has 0 fully saturated rings. The highest BCUT2D eigenvalue weighted by atomic mass is 79.9. The van der Waals surface area contributed by atoms with Gasteiger partial charge in [0.2, 0.25) is 5.88 Å². The Hall–Kier alpha value is -2.42. The van der Waals surface area contributed by atoms with Gasteiger partial charge in [-0.25, -0.2) is 9.78 Å². The molecule has 2 aromatic carbocycles. The number of halogens is 3. The van der Waals surface area contributed by atoms with E-state index in [-0.39, 0.29) is 10.6 Å². The standard InChI is InChI=1S/C19H12Br2ClN3O3/c20-11-9-15(21)18(23-10-11)28-13-7-5-12(6-8-13)24-19(27)25-17(26)14-3-1-2-4-16(14)22/h1-10H,(H2,24,25,26,27). The number of rotatable bonds is 4. The predicted octanol–water partition coefficient (Wildman–Crippen LogP) is 6.01. The molecule has 0 saturated heterocycles. The number of aromatic nitrogens is 1. The zero-order valence-electron chi connectivity index (χ0n) is 14.1. The highest BCUT2D eigenvalue weighted by Gasteiger charge is 2.13. The van der Waals surface area contributed by atoms with E-state index >= 15 is 0 Å². The summed E-state index contributed by atoms with van der Waals surface area (Å²) in [6, 6.07) is 14.2.